The Labute approximate surface area is 149 Å². The number of nitrogens with zero attached hydrogens (tertiary/aromatic N) is 2. The fraction of sp³-hybridized carbons (Fsp3) is 0.611. The van der Waals surface area contributed by atoms with Crippen molar-refractivity contribution in [2.75, 3.05) is 26.7 Å². The second kappa shape index (κ2) is 6.37. The van der Waals surface area contributed by atoms with Gasteiger partial charge in [-0.1, -0.05) is 6.07 Å². The number of sulfonamides is 1. The third-order valence-corrected chi connectivity index (χ3v) is 7.79. The molecule has 0 unspecified atom stereocenters. The lowest BCUT2D eigenvalue weighted by Crippen LogP contribution is -2.39. The lowest BCUT2D eigenvalue weighted by molar-refractivity contribution is 0.0916. The molecule has 136 valence electrons. The summed E-state index contributed by atoms with van der Waals surface area (Å²) >= 11 is 0. The van der Waals surface area contributed by atoms with E-state index in [1.54, 1.807) is 22.5 Å². The molecule has 2 saturated heterocycles. The van der Waals surface area contributed by atoms with Crippen LogP contribution in [0.2, 0.25) is 0 Å². The number of carbonyl (C=O) groups is 1. The number of benzene rings is 1. The van der Waals surface area contributed by atoms with Crippen LogP contribution in [-0.2, 0) is 10.0 Å². The molecule has 0 radical (unpaired) electrons. The van der Waals surface area contributed by atoms with Crippen LogP contribution in [0.15, 0.2) is 29.2 Å². The number of likely N-dealkylation sites (tertiary alicyclic amines) is 1. The summed E-state index contributed by atoms with van der Waals surface area (Å²) in [5.41, 5.74) is 0.421. The highest BCUT2D eigenvalue weighted by Crippen LogP contribution is 2.33. The van der Waals surface area contributed by atoms with E-state index in [9.17, 15) is 13.2 Å². The van der Waals surface area contributed by atoms with Crippen LogP contribution in [0.4, 0.5) is 0 Å². The van der Waals surface area contributed by atoms with E-state index in [1.807, 2.05) is 0 Å². The molecular weight excluding hydrogens is 338 g/mol. The molecule has 0 spiro atoms. The van der Waals surface area contributed by atoms with Crippen molar-refractivity contribution in [3.8, 4) is 0 Å². The van der Waals surface area contributed by atoms with Gasteiger partial charge in [-0.05, 0) is 63.4 Å². The Balaban J connectivity index is 1.52. The Morgan fingerprint density at radius 3 is 2.68 bits per heavy atom. The minimum absolute atomic E-state index is 0.181. The van der Waals surface area contributed by atoms with Crippen LogP contribution in [0, 0.1) is 5.92 Å². The maximum atomic E-state index is 13.0. The largest absolute Gasteiger partial charge is 0.349 e. The van der Waals surface area contributed by atoms with Crippen LogP contribution >= 0.6 is 0 Å². The molecular formula is C18H25N3O3S. The van der Waals surface area contributed by atoms with Crippen LogP contribution in [-0.4, -0.2) is 62.3 Å². The molecule has 25 heavy (non-hydrogen) atoms. The fourth-order valence-corrected chi connectivity index (χ4v) is 5.66. The van der Waals surface area contributed by atoms with E-state index in [0.29, 0.717) is 30.6 Å². The first-order valence-electron chi connectivity index (χ1n) is 9.06. The summed E-state index contributed by atoms with van der Waals surface area (Å²) in [6.07, 6.45) is 4.21. The van der Waals surface area contributed by atoms with E-state index in [0.717, 1.165) is 32.2 Å². The highest BCUT2D eigenvalue weighted by molar-refractivity contribution is 7.89. The predicted molar refractivity (Wildman–Crippen MR) is 94.8 cm³/mol. The molecule has 1 aromatic carbocycles. The summed E-state index contributed by atoms with van der Waals surface area (Å²) in [6, 6.07) is 7.00. The SMILES string of the molecule is CN1CC[C@H]2CN(S(=O)(=O)c3cccc(C(=O)NC4CCC4)c3)C[C@H]21. The third kappa shape index (κ3) is 3.09. The maximum Gasteiger partial charge on any atom is 0.251 e. The molecule has 2 aliphatic heterocycles. The standard InChI is InChI=1S/C18H25N3O3S/c1-20-9-8-14-11-21(12-17(14)20)25(23,24)16-7-2-4-13(10-16)18(22)19-15-5-3-6-15/h2,4,7,10,14-15,17H,3,5-6,8-9,11-12H2,1H3,(H,19,22)/t14-,17+/m0/s1. The summed E-state index contributed by atoms with van der Waals surface area (Å²) in [4.78, 5) is 14.8. The Morgan fingerprint density at radius 1 is 1.20 bits per heavy atom. The Hall–Kier alpha value is -1.44. The van der Waals surface area contributed by atoms with Gasteiger partial charge in [0.2, 0.25) is 10.0 Å². The molecule has 2 atom stereocenters. The van der Waals surface area contributed by atoms with E-state index < -0.39 is 10.0 Å². The normalized spacial score (nSPS) is 27.9. The fourth-order valence-electron chi connectivity index (χ4n) is 4.10. The van der Waals surface area contributed by atoms with Gasteiger partial charge < -0.3 is 10.2 Å². The van der Waals surface area contributed by atoms with E-state index in [-0.39, 0.29) is 16.8 Å². The summed E-state index contributed by atoms with van der Waals surface area (Å²) in [5, 5.41) is 2.97. The van der Waals surface area contributed by atoms with Gasteiger partial charge in [-0.3, -0.25) is 4.79 Å². The van der Waals surface area contributed by atoms with E-state index >= 15 is 0 Å². The molecule has 6 nitrogen and oxygen atoms in total. The zero-order valence-electron chi connectivity index (χ0n) is 14.5. The lowest BCUT2D eigenvalue weighted by Gasteiger charge is -2.26. The van der Waals surface area contributed by atoms with Crippen LogP contribution in [0.3, 0.4) is 0 Å². The van der Waals surface area contributed by atoms with Gasteiger partial charge in [0.25, 0.3) is 5.91 Å². The van der Waals surface area contributed by atoms with E-state index in [4.69, 9.17) is 0 Å². The van der Waals surface area contributed by atoms with Crippen molar-refractivity contribution in [3.05, 3.63) is 29.8 Å². The second-order valence-corrected chi connectivity index (χ2v) is 9.49. The molecule has 0 aromatic heterocycles. The monoisotopic (exact) mass is 363 g/mol. The van der Waals surface area contributed by atoms with Crippen molar-refractivity contribution < 1.29 is 13.2 Å². The molecule has 1 aromatic rings. The maximum absolute atomic E-state index is 13.0. The summed E-state index contributed by atoms with van der Waals surface area (Å²) in [7, 11) is -1.49. The quantitative estimate of drug-likeness (QED) is 0.875. The Morgan fingerprint density at radius 2 is 2.00 bits per heavy atom. The van der Waals surface area contributed by atoms with Gasteiger partial charge in [-0.15, -0.1) is 0 Å². The first-order chi connectivity index (χ1) is 11.9. The van der Waals surface area contributed by atoms with Gasteiger partial charge in [0, 0.05) is 30.7 Å². The Bertz CT molecular complexity index is 776. The minimum atomic E-state index is -3.55. The molecule has 1 amide bonds. The number of amides is 1. The highest BCUT2D eigenvalue weighted by atomic mass is 32.2. The van der Waals surface area contributed by atoms with Crippen molar-refractivity contribution >= 4 is 15.9 Å². The van der Waals surface area contributed by atoms with Gasteiger partial charge in [0.1, 0.15) is 0 Å². The summed E-state index contributed by atoms with van der Waals surface area (Å²) in [5.74, 6) is 0.240. The predicted octanol–water partition coefficient (Wildman–Crippen LogP) is 1.29. The molecule has 3 aliphatic rings. The van der Waals surface area contributed by atoms with Crippen molar-refractivity contribution in [2.45, 2.75) is 42.7 Å². The van der Waals surface area contributed by atoms with Crippen LogP contribution in [0.5, 0.6) is 0 Å². The Kier molecular flexibility index (Phi) is 4.33. The molecule has 1 saturated carbocycles. The second-order valence-electron chi connectivity index (χ2n) is 7.55. The van der Waals surface area contributed by atoms with Crippen LogP contribution in [0.1, 0.15) is 36.0 Å². The molecule has 1 N–H and O–H groups in total. The van der Waals surface area contributed by atoms with Gasteiger partial charge in [-0.2, -0.15) is 4.31 Å². The molecule has 2 heterocycles. The average Bonchev–Trinajstić information content (AvgIpc) is 3.14. The van der Waals surface area contributed by atoms with E-state index in [2.05, 4.69) is 17.3 Å². The topological polar surface area (TPSA) is 69.7 Å². The molecule has 3 fully saturated rings. The first-order valence-corrected chi connectivity index (χ1v) is 10.5. The smallest absolute Gasteiger partial charge is 0.251 e. The van der Waals surface area contributed by atoms with Crippen molar-refractivity contribution in [1.29, 1.82) is 0 Å². The average molecular weight is 363 g/mol. The number of likely N-dealkylation sites (N-methyl/N-ethyl adjacent to an activating group) is 1. The number of carbonyl (C=O) groups excluding carboxylic acids is 1. The number of fused-ring (bicyclic) bond motifs is 1. The minimum Gasteiger partial charge on any atom is -0.349 e. The molecule has 0 bridgehead atoms. The van der Waals surface area contributed by atoms with Crippen molar-refractivity contribution in [1.82, 2.24) is 14.5 Å². The number of hydrogen-bond donors (Lipinski definition) is 1. The molecule has 7 heteroatoms. The number of hydrogen-bond acceptors (Lipinski definition) is 4. The molecule has 4 rings (SSSR count). The summed E-state index contributed by atoms with van der Waals surface area (Å²) < 4.78 is 27.6. The van der Waals surface area contributed by atoms with Gasteiger partial charge in [-0.25, -0.2) is 8.42 Å². The van der Waals surface area contributed by atoms with Gasteiger partial charge >= 0.3 is 0 Å². The number of nitrogens with one attached hydrogen (secondary N) is 1. The lowest BCUT2D eigenvalue weighted by atomic mass is 9.93. The number of rotatable bonds is 4. The zero-order chi connectivity index (χ0) is 17.6. The summed E-state index contributed by atoms with van der Waals surface area (Å²) in [6.45, 7) is 2.16. The highest BCUT2D eigenvalue weighted by Gasteiger charge is 2.44. The van der Waals surface area contributed by atoms with Crippen LogP contribution < -0.4 is 5.32 Å². The van der Waals surface area contributed by atoms with Crippen LogP contribution in [0.25, 0.3) is 0 Å². The zero-order valence-corrected chi connectivity index (χ0v) is 15.3. The third-order valence-electron chi connectivity index (χ3n) is 5.97. The van der Waals surface area contributed by atoms with Crippen molar-refractivity contribution in [2.24, 2.45) is 5.92 Å². The van der Waals surface area contributed by atoms with Gasteiger partial charge in [0.05, 0.1) is 4.90 Å². The van der Waals surface area contributed by atoms with Crippen molar-refractivity contribution in [3.63, 3.8) is 0 Å². The van der Waals surface area contributed by atoms with Gasteiger partial charge in [0.15, 0.2) is 0 Å². The first kappa shape index (κ1) is 17.0. The van der Waals surface area contributed by atoms with E-state index in [1.165, 1.54) is 6.07 Å². The molecule has 1 aliphatic carbocycles.